The third-order valence-electron chi connectivity index (χ3n) is 2.95. The molecule has 2 rings (SSSR count). The van der Waals surface area contributed by atoms with Crippen LogP contribution in [0, 0.1) is 6.92 Å². The van der Waals surface area contributed by atoms with Crippen LogP contribution in [0.25, 0.3) is 11.1 Å². The number of rotatable bonds is 2. The molecule has 0 fully saturated rings. The van der Waals surface area contributed by atoms with Crippen molar-refractivity contribution in [2.45, 2.75) is 6.92 Å². The van der Waals surface area contributed by atoms with Crippen molar-refractivity contribution >= 4 is 17.9 Å². The highest BCUT2D eigenvalue weighted by atomic mass is 16.8. The summed E-state index contributed by atoms with van der Waals surface area (Å²) in [5, 5.41) is 0.710. The second-order valence-electron chi connectivity index (χ2n) is 4.59. The van der Waals surface area contributed by atoms with Gasteiger partial charge in [-0.1, -0.05) is 42.0 Å². The van der Waals surface area contributed by atoms with E-state index in [-0.39, 0.29) is 0 Å². The van der Waals surface area contributed by atoms with E-state index in [2.05, 4.69) is 4.74 Å². The molecule has 6 heteroatoms. The van der Waals surface area contributed by atoms with Crippen LogP contribution in [-0.4, -0.2) is 19.3 Å². The summed E-state index contributed by atoms with van der Waals surface area (Å²) in [6.07, 6.45) is -1.95. The molecule has 0 aliphatic carbocycles. The van der Waals surface area contributed by atoms with Gasteiger partial charge in [0.05, 0.1) is 12.8 Å². The fourth-order valence-electron chi connectivity index (χ4n) is 2.00. The zero-order valence-corrected chi connectivity index (χ0v) is 12.3. The average molecular weight is 300 g/mol. The van der Waals surface area contributed by atoms with Crippen LogP contribution in [0.3, 0.4) is 0 Å². The smallest absolute Gasteiger partial charge is 0.448 e. The number of ether oxygens (including phenoxy) is 1. The SMILES string of the molecule is COC(=O)N(OC(N)=O)c1cccc(-c2cccc(C)c2)c1. The largest absolute Gasteiger partial charge is 0.450 e. The van der Waals surface area contributed by atoms with Gasteiger partial charge in [0.1, 0.15) is 0 Å². The van der Waals surface area contributed by atoms with E-state index in [4.69, 9.17) is 10.6 Å². The van der Waals surface area contributed by atoms with E-state index in [1.807, 2.05) is 37.3 Å². The predicted molar refractivity (Wildman–Crippen MR) is 82.2 cm³/mol. The molecule has 0 spiro atoms. The molecule has 2 N–H and O–H groups in total. The number of carbonyl (C=O) groups excluding carboxylic acids is 2. The third kappa shape index (κ3) is 3.54. The van der Waals surface area contributed by atoms with E-state index in [9.17, 15) is 9.59 Å². The first-order chi connectivity index (χ1) is 10.5. The minimum atomic E-state index is -1.11. The van der Waals surface area contributed by atoms with E-state index in [1.165, 1.54) is 7.11 Å². The zero-order chi connectivity index (χ0) is 16.1. The molecule has 22 heavy (non-hydrogen) atoms. The number of methoxy groups -OCH3 is 1. The molecule has 2 aromatic rings. The summed E-state index contributed by atoms with van der Waals surface area (Å²) >= 11 is 0. The number of hydroxylamine groups is 1. The normalized spacial score (nSPS) is 9.91. The first-order valence-corrected chi connectivity index (χ1v) is 6.54. The Morgan fingerprint density at radius 1 is 1.05 bits per heavy atom. The summed E-state index contributed by atoms with van der Waals surface area (Å²) in [7, 11) is 1.18. The van der Waals surface area contributed by atoms with Crippen molar-refractivity contribution in [3.63, 3.8) is 0 Å². The summed E-state index contributed by atoms with van der Waals surface area (Å²) in [4.78, 5) is 27.4. The molecule has 2 amide bonds. The summed E-state index contributed by atoms with van der Waals surface area (Å²) in [6.45, 7) is 1.99. The molecule has 0 aliphatic rings. The van der Waals surface area contributed by atoms with Crippen LogP contribution in [0.1, 0.15) is 5.56 Å². The Labute approximate surface area is 128 Å². The Balaban J connectivity index is 2.41. The molecule has 0 unspecified atom stereocenters. The molecule has 0 aromatic heterocycles. The molecule has 2 aromatic carbocycles. The topological polar surface area (TPSA) is 81.9 Å². The molecule has 0 atom stereocenters. The second-order valence-corrected chi connectivity index (χ2v) is 4.59. The summed E-state index contributed by atoms with van der Waals surface area (Å²) in [5.74, 6) is 0. The van der Waals surface area contributed by atoms with Gasteiger partial charge in [0.2, 0.25) is 0 Å². The number of aryl methyl sites for hydroxylation is 1. The number of anilines is 1. The number of hydrogen-bond donors (Lipinski definition) is 1. The van der Waals surface area contributed by atoms with Crippen molar-refractivity contribution in [1.82, 2.24) is 0 Å². The monoisotopic (exact) mass is 300 g/mol. The number of amides is 2. The van der Waals surface area contributed by atoms with Gasteiger partial charge >= 0.3 is 12.2 Å². The summed E-state index contributed by atoms with van der Waals surface area (Å²) < 4.78 is 4.59. The standard InChI is InChI=1S/C16H16N2O4/c1-11-5-3-6-12(9-11)13-7-4-8-14(10-13)18(16(20)21-2)22-15(17)19/h3-10H,1-2H3,(H2,17,19). The Kier molecular flexibility index (Phi) is 4.63. The van der Waals surface area contributed by atoms with Crippen LogP contribution < -0.4 is 10.8 Å². The highest BCUT2D eigenvalue weighted by Crippen LogP contribution is 2.26. The second kappa shape index (κ2) is 6.62. The Bertz CT molecular complexity index is 700. The molecule has 0 aliphatic heterocycles. The van der Waals surface area contributed by atoms with Gasteiger partial charge in [-0.3, -0.25) is 0 Å². The third-order valence-corrected chi connectivity index (χ3v) is 2.95. The lowest BCUT2D eigenvalue weighted by Gasteiger charge is -2.19. The maximum absolute atomic E-state index is 11.7. The first kappa shape index (κ1) is 15.4. The van der Waals surface area contributed by atoms with Crippen molar-refractivity contribution in [3.8, 4) is 11.1 Å². The number of nitrogens with zero attached hydrogens (tertiary/aromatic N) is 1. The van der Waals surface area contributed by atoms with Gasteiger partial charge < -0.3 is 15.3 Å². The number of hydrogen-bond acceptors (Lipinski definition) is 4. The predicted octanol–water partition coefficient (Wildman–Crippen LogP) is 3.25. The quantitative estimate of drug-likeness (QED) is 0.863. The van der Waals surface area contributed by atoms with Crippen LogP contribution in [0.5, 0.6) is 0 Å². The Morgan fingerprint density at radius 3 is 2.27 bits per heavy atom. The van der Waals surface area contributed by atoms with Crippen LogP contribution in [0.4, 0.5) is 15.3 Å². The Morgan fingerprint density at radius 2 is 1.68 bits per heavy atom. The molecule has 0 saturated heterocycles. The fraction of sp³-hybridized carbons (Fsp3) is 0.125. The van der Waals surface area contributed by atoms with E-state index in [1.54, 1.807) is 18.2 Å². The van der Waals surface area contributed by atoms with Gasteiger partial charge in [-0.25, -0.2) is 9.59 Å². The lowest BCUT2D eigenvalue weighted by molar-refractivity contribution is 0.114. The fourth-order valence-corrected chi connectivity index (χ4v) is 2.00. The maximum atomic E-state index is 11.7. The number of benzene rings is 2. The molecule has 114 valence electrons. The number of carbonyl (C=O) groups is 2. The van der Waals surface area contributed by atoms with E-state index in [0.29, 0.717) is 10.8 Å². The van der Waals surface area contributed by atoms with Gasteiger partial charge in [-0.15, -0.1) is 5.06 Å². The minimum Gasteiger partial charge on any atom is -0.450 e. The Hall–Kier alpha value is -3.02. The van der Waals surface area contributed by atoms with E-state index >= 15 is 0 Å². The van der Waals surface area contributed by atoms with Crippen LogP contribution in [0.2, 0.25) is 0 Å². The number of primary amides is 1. The lowest BCUT2D eigenvalue weighted by Crippen LogP contribution is -2.35. The molecule has 0 saturated carbocycles. The highest BCUT2D eigenvalue weighted by Gasteiger charge is 2.20. The van der Waals surface area contributed by atoms with Gasteiger partial charge in [-0.2, -0.15) is 0 Å². The van der Waals surface area contributed by atoms with Gasteiger partial charge in [0, 0.05) is 0 Å². The van der Waals surface area contributed by atoms with Gasteiger partial charge in [-0.05, 0) is 30.2 Å². The molecular weight excluding hydrogens is 284 g/mol. The molecule has 6 nitrogen and oxygen atoms in total. The molecule has 0 radical (unpaired) electrons. The van der Waals surface area contributed by atoms with Gasteiger partial charge in [0.25, 0.3) is 0 Å². The van der Waals surface area contributed by atoms with E-state index in [0.717, 1.165) is 16.7 Å². The van der Waals surface area contributed by atoms with Crippen LogP contribution >= 0.6 is 0 Å². The maximum Gasteiger partial charge on any atom is 0.448 e. The molecule has 0 bridgehead atoms. The first-order valence-electron chi connectivity index (χ1n) is 6.54. The van der Waals surface area contributed by atoms with Crippen molar-refractivity contribution < 1.29 is 19.2 Å². The van der Waals surface area contributed by atoms with Crippen molar-refractivity contribution in [2.75, 3.05) is 12.2 Å². The van der Waals surface area contributed by atoms with Crippen molar-refractivity contribution in [3.05, 3.63) is 54.1 Å². The van der Waals surface area contributed by atoms with Gasteiger partial charge in [0.15, 0.2) is 0 Å². The lowest BCUT2D eigenvalue weighted by atomic mass is 10.0. The van der Waals surface area contributed by atoms with Crippen molar-refractivity contribution in [1.29, 1.82) is 0 Å². The zero-order valence-electron chi connectivity index (χ0n) is 12.3. The van der Waals surface area contributed by atoms with E-state index < -0.39 is 12.2 Å². The highest BCUT2D eigenvalue weighted by molar-refractivity contribution is 5.88. The van der Waals surface area contributed by atoms with Crippen molar-refractivity contribution in [2.24, 2.45) is 5.73 Å². The summed E-state index contributed by atoms with van der Waals surface area (Å²) in [6, 6.07) is 14.8. The molecule has 0 heterocycles. The average Bonchev–Trinajstić information content (AvgIpc) is 2.52. The van der Waals surface area contributed by atoms with Crippen LogP contribution in [0.15, 0.2) is 48.5 Å². The minimum absolute atomic E-state index is 0.338. The summed E-state index contributed by atoms with van der Waals surface area (Å²) in [5.41, 5.74) is 8.27. The number of nitrogens with two attached hydrogens (primary N) is 1. The molecular formula is C16H16N2O4. The van der Waals surface area contributed by atoms with Crippen LogP contribution in [-0.2, 0) is 9.57 Å².